The van der Waals surface area contributed by atoms with E-state index >= 15 is 0 Å². The zero-order valence-corrected chi connectivity index (χ0v) is 12.2. The highest BCUT2D eigenvalue weighted by Gasteiger charge is 2.31. The molecule has 1 rings (SSSR count). The maximum absolute atomic E-state index is 12.2. The molecule has 1 aromatic rings. The van der Waals surface area contributed by atoms with Gasteiger partial charge in [0.2, 0.25) is 5.91 Å². The van der Waals surface area contributed by atoms with Gasteiger partial charge in [0.25, 0.3) is 0 Å². The fourth-order valence-electron chi connectivity index (χ4n) is 1.55. The van der Waals surface area contributed by atoms with Gasteiger partial charge < -0.3 is 15.2 Å². The Hall–Kier alpha value is -1.90. The highest BCUT2D eigenvalue weighted by atomic mass is 32.2. The van der Waals surface area contributed by atoms with Gasteiger partial charge in [0.15, 0.2) is 0 Å². The second kappa shape index (κ2) is 8.52. The van der Waals surface area contributed by atoms with E-state index in [1.807, 2.05) is 0 Å². The molecule has 1 amide bonds. The molecule has 22 heavy (non-hydrogen) atoms. The lowest BCUT2D eigenvalue weighted by Gasteiger charge is -2.13. The number of hydrogen-bond acceptors (Lipinski definition) is 4. The Bertz CT molecular complexity index is 522. The van der Waals surface area contributed by atoms with E-state index < -0.39 is 12.3 Å². The van der Waals surface area contributed by atoms with Gasteiger partial charge in [-0.25, -0.2) is 0 Å². The van der Waals surface area contributed by atoms with Crippen LogP contribution in [0.3, 0.4) is 0 Å². The van der Waals surface area contributed by atoms with Crippen LogP contribution >= 0.6 is 11.8 Å². The average molecular weight is 337 g/mol. The Morgan fingerprint density at radius 3 is 2.55 bits per heavy atom. The number of carbonyl (C=O) groups excluding carboxylic acids is 1. The van der Waals surface area contributed by atoms with Crippen LogP contribution in [0.1, 0.15) is 5.56 Å². The number of carboxylic acids is 1. The van der Waals surface area contributed by atoms with Crippen LogP contribution in [-0.4, -0.2) is 41.4 Å². The number of thioether (sulfide) groups is 1. The highest BCUT2D eigenvalue weighted by Crippen LogP contribution is 2.26. The average Bonchev–Trinajstić information content (AvgIpc) is 2.38. The second-order valence-electron chi connectivity index (χ2n) is 4.14. The first kappa shape index (κ1) is 18.1. The molecule has 1 aromatic carbocycles. The number of ether oxygens (including phenoxy) is 1. The smallest absolute Gasteiger partial charge is 0.481 e. The van der Waals surface area contributed by atoms with Crippen LogP contribution in [0, 0.1) is 0 Å². The molecule has 0 radical (unpaired) electrons. The van der Waals surface area contributed by atoms with Crippen LogP contribution in [0.15, 0.2) is 24.3 Å². The van der Waals surface area contributed by atoms with Crippen molar-refractivity contribution >= 4 is 23.6 Å². The van der Waals surface area contributed by atoms with E-state index in [0.717, 1.165) is 11.8 Å². The molecule has 0 saturated heterocycles. The van der Waals surface area contributed by atoms with Crippen LogP contribution in [-0.2, 0) is 16.0 Å². The largest absolute Gasteiger partial charge is 0.573 e. The number of aliphatic carboxylic acids is 1. The van der Waals surface area contributed by atoms with Gasteiger partial charge in [-0.05, 0) is 18.1 Å². The van der Waals surface area contributed by atoms with Crippen LogP contribution in [0.4, 0.5) is 13.2 Å². The number of benzene rings is 1. The minimum absolute atomic E-state index is 0.0208. The Morgan fingerprint density at radius 1 is 1.23 bits per heavy atom. The number of para-hydroxylation sites is 1. The molecule has 0 aliphatic heterocycles. The fraction of sp³-hybridized carbons (Fsp3) is 0.385. The summed E-state index contributed by atoms with van der Waals surface area (Å²) < 4.78 is 40.6. The summed E-state index contributed by atoms with van der Waals surface area (Å²) >= 11 is 0.942. The molecule has 0 aromatic heterocycles. The van der Waals surface area contributed by atoms with E-state index in [9.17, 15) is 22.8 Å². The predicted octanol–water partition coefficient (Wildman–Crippen LogP) is 2.06. The molecule has 122 valence electrons. The minimum Gasteiger partial charge on any atom is -0.481 e. The summed E-state index contributed by atoms with van der Waals surface area (Å²) in [4.78, 5) is 21.7. The molecule has 2 N–H and O–H groups in total. The van der Waals surface area contributed by atoms with Gasteiger partial charge in [-0.15, -0.1) is 24.9 Å². The van der Waals surface area contributed by atoms with Crippen LogP contribution in [0.25, 0.3) is 0 Å². The lowest BCUT2D eigenvalue weighted by molar-refractivity contribution is -0.274. The summed E-state index contributed by atoms with van der Waals surface area (Å²) in [6.07, 6.45) is -4.60. The van der Waals surface area contributed by atoms with Crippen molar-refractivity contribution in [2.24, 2.45) is 0 Å². The summed E-state index contributed by atoms with van der Waals surface area (Å²) in [7, 11) is 0. The Labute approximate surface area is 128 Å². The molecule has 0 aliphatic carbocycles. The van der Waals surface area contributed by atoms with Crippen molar-refractivity contribution in [3.05, 3.63) is 29.8 Å². The van der Waals surface area contributed by atoms with Gasteiger partial charge in [0.1, 0.15) is 5.75 Å². The summed E-state index contributed by atoms with van der Waals surface area (Å²) in [5.74, 6) is -1.90. The van der Waals surface area contributed by atoms with Crippen LogP contribution in [0.5, 0.6) is 5.75 Å². The number of rotatable bonds is 8. The fourth-order valence-corrected chi connectivity index (χ4v) is 2.12. The molecular weight excluding hydrogens is 323 g/mol. The molecule has 0 aliphatic rings. The zero-order valence-electron chi connectivity index (χ0n) is 11.4. The summed E-state index contributed by atoms with van der Waals surface area (Å²) in [5.41, 5.74) is 0.318. The van der Waals surface area contributed by atoms with Crippen LogP contribution < -0.4 is 10.1 Å². The number of halogens is 3. The molecule has 0 fully saturated rings. The molecule has 0 unspecified atom stereocenters. The van der Waals surface area contributed by atoms with Crippen molar-refractivity contribution in [1.29, 1.82) is 0 Å². The Morgan fingerprint density at radius 2 is 1.91 bits per heavy atom. The van der Waals surface area contributed by atoms with Gasteiger partial charge in [-0.3, -0.25) is 9.59 Å². The van der Waals surface area contributed by atoms with E-state index in [0.29, 0.717) is 5.56 Å². The second-order valence-corrected chi connectivity index (χ2v) is 5.13. The Balaban J connectivity index is 2.41. The van der Waals surface area contributed by atoms with Crippen molar-refractivity contribution in [1.82, 2.24) is 5.32 Å². The third kappa shape index (κ3) is 7.77. The first-order chi connectivity index (χ1) is 10.3. The lowest BCUT2D eigenvalue weighted by Crippen LogP contribution is -2.28. The molecule has 5 nitrogen and oxygen atoms in total. The minimum atomic E-state index is -4.77. The van der Waals surface area contributed by atoms with E-state index in [2.05, 4.69) is 10.1 Å². The zero-order chi connectivity index (χ0) is 16.6. The van der Waals surface area contributed by atoms with E-state index in [4.69, 9.17) is 5.11 Å². The van der Waals surface area contributed by atoms with Gasteiger partial charge >= 0.3 is 12.3 Å². The maximum Gasteiger partial charge on any atom is 0.573 e. The maximum atomic E-state index is 12.2. The van der Waals surface area contributed by atoms with Crippen molar-refractivity contribution in [2.75, 3.05) is 18.1 Å². The van der Waals surface area contributed by atoms with Gasteiger partial charge in [0.05, 0.1) is 11.5 Å². The monoisotopic (exact) mass is 337 g/mol. The van der Waals surface area contributed by atoms with Crippen molar-refractivity contribution < 1.29 is 32.6 Å². The Kier molecular flexibility index (Phi) is 7.03. The molecular formula is C13H14F3NO4S. The number of carboxylic acid groups (broad SMARTS) is 1. The third-order valence-electron chi connectivity index (χ3n) is 2.37. The topological polar surface area (TPSA) is 75.6 Å². The van der Waals surface area contributed by atoms with Crippen molar-refractivity contribution in [2.45, 2.75) is 12.8 Å². The quantitative estimate of drug-likeness (QED) is 0.759. The SMILES string of the molecule is O=C(O)CSCC(=O)NCCc1ccccc1OC(F)(F)F. The van der Waals surface area contributed by atoms with Crippen molar-refractivity contribution in [3.8, 4) is 5.75 Å². The first-order valence-corrected chi connectivity index (χ1v) is 7.33. The van der Waals surface area contributed by atoms with Crippen molar-refractivity contribution in [3.63, 3.8) is 0 Å². The number of carbonyl (C=O) groups is 2. The number of amides is 1. The number of alkyl halides is 3. The van der Waals surface area contributed by atoms with Gasteiger partial charge in [-0.2, -0.15) is 0 Å². The molecule has 0 atom stereocenters. The molecule has 9 heteroatoms. The van der Waals surface area contributed by atoms with E-state index in [1.54, 1.807) is 6.07 Å². The van der Waals surface area contributed by atoms with Gasteiger partial charge in [-0.1, -0.05) is 18.2 Å². The summed E-state index contributed by atoms with van der Waals surface area (Å²) in [6, 6.07) is 5.68. The van der Waals surface area contributed by atoms with Crippen LogP contribution in [0.2, 0.25) is 0 Å². The summed E-state index contributed by atoms with van der Waals surface area (Å²) in [6.45, 7) is 0.130. The third-order valence-corrected chi connectivity index (χ3v) is 3.29. The van der Waals surface area contributed by atoms with E-state index in [-0.39, 0.29) is 36.1 Å². The predicted molar refractivity (Wildman–Crippen MR) is 74.8 cm³/mol. The number of hydrogen-bond donors (Lipinski definition) is 2. The molecule has 0 bridgehead atoms. The highest BCUT2D eigenvalue weighted by molar-refractivity contribution is 8.00. The van der Waals surface area contributed by atoms with Gasteiger partial charge in [0, 0.05) is 6.54 Å². The normalized spacial score (nSPS) is 11.0. The molecule has 0 spiro atoms. The number of nitrogens with one attached hydrogen (secondary N) is 1. The van der Waals surface area contributed by atoms with E-state index in [1.165, 1.54) is 18.2 Å². The molecule has 0 heterocycles. The summed E-state index contributed by atoms with van der Waals surface area (Å²) in [5, 5.41) is 10.9. The lowest BCUT2D eigenvalue weighted by atomic mass is 10.1. The molecule has 0 saturated carbocycles. The first-order valence-electron chi connectivity index (χ1n) is 6.18. The standard InChI is InChI=1S/C13H14F3NO4S/c14-13(15,16)21-10-4-2-1-3-9(10)5-6-17-11(18)7-22-8-12(19)20/h1-4H,5-8H2,(H,17,18)(H,19,20).